The van der Waals surface area contributed by atoms with Crippen LogP contribution >= 0.6 is 39.5 Å². The van der Waals surface area contributed by atoms with Gasteiger partial charge >= 0.3 is 0 Å². The lowest BCUT2D eigenvalue weighted by Gasteiger charge is -2.11. The van der Waals surface area contributed by atoms with E-state index >= 15 is 0 Å². The van der Waals surface area contributed by atoms with Crippen molar-refractivity contribution in [2.45, 2.75) is 37.1 Å². The van der Waals surface area contributed by atoms with E-state index in [9.17, 15) is 9.18 Å². The maximum atomic E-state index is 13.0. The van der Waals surface area contributed by atoms with Crippen LogP contribution in [0.25, 0.3) is 0 Å². The Balaban J connectivity index is 1.58. The fourth-order valence-corrected chi connectivity index (χ4v) is 5.13. The lowest BCUT2D eigenvalue weighted by Crippen LogP contribution is -2.15. The highest BCUT2D eigenvalue weighted by Gasteiger charge is 2.14. The lowest BCUT2D eigenvalue weighted by atomic mass is 10.1. The molecule has 1 heterocycles. The highest BCUT2D eigenvalue weighted by molar-refractivity contribution is 9.10. The van der Waals surface area contributed by atoms with Crippen molar-refractivity contribution in [1.82, 2.24) is 14.8 Å². The molecule has 0 aliphatic rings. The third kappa shape index (κ3) is 6.70. The van der Waals surface area contributed by atoms with Crippen LogP contribution in [0, 0.1) is 19.7 Å². The van der Waals surface area contributed by atoms with E-state index in [-0.39, 0.29) is 17.5 Å². The van der Waals surface area contributed by atoms with Gasteiger partial charge in [-0.3, -0.25) is 4.79 Å². The molecule has 0 aliphatic heterocycles. The highest BCUT2D eigenvalue weighted by atomic mass is 79.9. The predicted octanol–water partition coefficient (Wildman–Crippen LogP) is 6.15. The van der Waals surface area contributed by atoms with Crippen LogP contribution in [0.15, 0.2) is 58.7 Å². The fourth-order valence-electron chi connectivity index (χ4n) is 2.88. The van der Waals surface area contributed by atoms with Crippen LogP contribution in [0.4, 0.5) is 10.1 Å². The summed E-state index contributed by atoms with van der Waals surface area (Å²) in [5.74, 6) is 2.09. The number of halogens is 2. The summed E-state index contributed by atoms with van der Waals surface area (Å²) in [5.41, 5.74) is 4.08. The van der Waals surface area contributed by atoms with Gasteiger partial charge in [0.2, 0.25) is 5.91 Å². The van der Waals surface area contributed by atoms with Crippen LogP contribution in [-0.4, -0.2) is 26.4 Å². The average molecular weight is 536 g/mol. The molecule has 5 nitrogen and oxygen atoms in total. The average Bonchev–Trinajstić information content (AvgIpc) is 3.14. The van der Waals surface area contributed by atoms with E-state index in [0.717, 1.165) is 38.4 Å². The monoisotopic (exact) mass is 534 g/mol. The first kappa shape index (κ1) is 24.5. The molecule has 0 unspecified atom stereocenters. The van der Waals surface area contributed by atoms with Crippen molar-refractivity contribution < 1.29 is 9.18 Å². The number of aryl methyl sites for hydroxylation is 2. The van der Waals surface area contributed by atoms with Crippen molar-refractivity contribution in [1.29, 1.82) is 0 Å². The maximum Gasteiger partial charge on any atom is 0.234 e. The summed E-state index contributed by atoms with van der Waals surface area (Å²) in [4.78, 5) is 12.5. The zero-order valence-electron chi connectivity index (χ0n) is 17.9. The first-order valence-electron chi connectivity index (χ1n) is 9.92. The summed E-state index contributed by atoms with van der Waals surface area (Å²) in [6.45, 7) is 8.42. The summed E-state index contributed by atoms with van der Waals surface area (Å²) in [6.07, 6.45) is 1.79. The molecule has 0 spiro atoms. The Bertz CT molecular complexity index is 1100. The first-order valence-corrected chi connectivity index (χ1v) is 12.8. The summed E-state index contributed by atoms with van der Waals surface area (Å²) in [6, 6.07) is 10.4. The van der Waals surface area contributed by atoms with E-state index in [2.05, 4.69) is 38.0 Å². The van der Waals surface area contributed by atoms with Gasteiger partial charge in [0.1, 0.15) is 11.6 Å². The van der Waals surface area contributed by atoms with Crippen molar-refractivity contribution in [2.24, 2.45) is 0 Å². The zero-order valence-corrected chi connectivity index (χ0v) is 21.1. The Labute approximate surface area is 204 Å². The van der Waals surface area contributed by atoms with Gasteiger partial charge < -0.3 is 9.88 Å². The van der Waals surface area contributed by atoms with Crippen LogP contribution < -0.4 is 5.32 Å². The van der Waals surface area contributed by atoms with Gasteiger partial charge in [-0.1, -0.05) is 30.0 Å². The topological polar surface area (TPSA) is 59.8 Å². The van der Waals surface area contributed by atoms with Gasteiger partial charge in [-0.2, -0.15) is 0 Å². The number of hydrogen-bond donors (Lipinski definition) is 1. The van der Waals surface area contributed by atoms with E-state index in [1.807, 2.05) is 30.5 Å². The SMILES string of the molecule is C=CCn1c(CSCc2ccc(F)cc2)nnc1SCC(=O)Nc1cc(C)c(C)cc1Br. The van der Waals surface area contributed by atoms with E-state index in [1.165, 1.54) is 23.9 Å². The third-order valence-corrected chi connectivity index (χ3v) is 7.33. The van der Waals surface area contributed by atoms with Crippen molar-refractivity contribution in [2.75, 3.05) is 11.1 Å². The van der Waals surface area contributed by atoms with Crippen LogP contribution in [0.5, 0.6) is 0 Å². The van der Waals surface area contributed by atoms with Crippen molar-refractivity contribution in [3.05, 3.63) is 81.9 Å². The lowest BCUT2D eigenvalue weighted by molar-refractivity contribution is -0.113. The van der Waals surface area contributed by atoms with Crippen LogP contribution in [0.2, 0.25) is 0 Å². The molecule has 2 aromatic carbocycles. The number of benzene rings is 2. The minimum absolute atomic E-state index is 0.112. The highest BCUT2D eigenvalue weighted by Crippen LogP contribution is 2.27. The van der Waals surface area contributed by atoms with Gasteiger partial charge in [0.25, 0.3) is 0 Å². The number of nitrogens with zero attached hydrogens (tertiary/aromatic N) is 3. The number of hydrogen-bond acceptors (Lipinski definition) is 5. The van der Waals surface area contributed by atoms with Crippen molar-refractivity contribution >= 4 is 51.0 Å². The molecule has 0 aliphatic carbocycles. The Hall–Kier alpha value is -2.10. The van der Waals surface area contributed by atoms with Gasteiger partial charge in [-0.25, -0.2) is 4.39 Å². The molecule has 3 rings (SSSR count). The van der Waals surface area contributed by atoms with E-state index in [1.54, 1.807) is 30.0 Å². The Morgan fingerprint density at radius 1 is 1.19 bits per heavy atom. The normalized spacial score (nSPS) is 10.9. The third-order valence-electron chi connectivity index (χ3n) is 4.71. The molecule has 0 bridgehead atoms. The molecule has 1 amide bonds. The molecule has 0 radical (unpaired) electrons. The fraction of sp³-hybridized carbons (Fsp3) is 0.261. The molecule has 168 valence electrons. The molecule has 0 atom stereocenters. The summed E-state index contributed by atoms with van der Waals surface area (Å²) < 4.78 is 15.9. The summed E-state index contributed by atoms with van der Waals surface area (Å²) in [5, 5.41) is 12.2. The summed E-state index contributed by atoms with van der Waals surface area (Å²) in [7, 11) is 0. The van der Waals surface area contributed by atoms with Crippen molar-refractivity contribution in [3.63, 3.8) is 0 Å². The molecule has 1 N–H and O–H groups in total. The quantitative estimate of drug-likeness (QED) is 0.249. The molecule has 0 saturated heterocycles. The van der Waals surface area contributed by atoms with Gasteiger partial charge in [-0.05, 0) is 70.7 Å². The number of carbonyl (C=O) groups excluding carboxylic acids is 1. The molecule has 3 aromatic rings. The largest absolute Gasteiger partial charge is 0.324 e. The van der Waals surface area contributed by atoms with Gasteiger partial charge in [0, 0.05) is 16.8 Å². The number of rotatable bonds is 10. The first-order chi connectivity index (χ1) is 15.4. The zero-order chi connectivity index (χ0) is 23.1. The standard InChI is InChI=1S/C23H24BrFN4OS2/c1-4-9-29-21(13-31-12-17-5-7-18(25)8-6-17)27-28-23(29)32-14-22(30)26-20-11-16(3)15(2)10-19(20)24/h4-8,10-11H,1,9,12-14H2,2-3H3,(H,26,30). The summed E-state index contributed by atoms with van der Waals surface area (Å²) >= 11 is 6.52. The number of allylic oxidation sites excluding steroid dienone is 1. The second-order valence-corrected chi connectivity index (χ2v) is 9.95. The predicted molar refractivity (Wildman–Crippen MR) is 135 cm³/mol. The molecule has 0 saturated carbocycles. The van der Waals surface area contributed by atoms with Gasteiger partial charge in [0.05, 0.1) is 17.2 Å². The Morgan fingerprint density at radius 2 is 1.91 bits per heavy atom. The second kappa shape index (κ2) is 11.7. The maximum absolute atomic E-state index is 13.0. The Kier molecular flexibility index (Phi) is 8.95. The molecule has 1 aromatic heterocycles. The number of nitrogens with one attached hydrogen (secondary N) is 1. The van der Waals surface area contributed by atoms with Gasteiger partial charge in [-0.15, -0.1) is 28.5 Å². The minimum atomic E-state index is -0.236. The minimum Gasteiger partial charge on any atom is -0.324 e. The smallest absolute Gasteiger partial charge is 0.234 e. The molecule has 32 heavy (non-hydrogen) atoms. The second-order valence-electron chi connectivity index (χ2n) is 7.17. The van der Waals surface area contributed by atoms with Crippen LogP contribution in [0.3, 0.4) is 0 Å². The number of amides is 1. The number of anilines is 1. The van der Waals surface area contributed by atoms with E-state index < -0.39 is 0 Å². The van der Waals surface area contributed by atoms with Crippen molar-refractivity contribution in [3.8, 4) is 0 Å². The number of carbonyl (C=O) groups is 1. The number of aromatic nitrogens is 3. The van der Waals surface area contributed by atoms with E-state index in [4.69, 9.17) is 0 Å². The molecular formula is C23H24BrFN4OS2. The van der Waals surface area contributed by atoms with Gasteiger partial charge in [0.15, 0.2) is 5.16 Å². The number of thioether (sulfide) groups is 2. The van der Waals surface area contributed by atoms with Crippen LogP contribution in [0.1, 0.15) is 22.5 Å². The van der Waals surface area contributed by atoms with Crippen LogP contribution in [-0.2, 0) is 22.8 Å². The molecular weight excluding hydrogens is 511 g/mol. The molecule has 0 fully saturated rings. The Morgan fingerprint density at radius 3 is 2.62 bits per heavy atom. The van der Waals surface area contributed by atoms with E-state index in [0.29, 0.717) is 17.5 Å². The molecule has 9 heteroatoms.